The summed E-state index contributed by atoms with van der Waals surface area (Å²) < 4.78 is 38.4. The average Bonchev–Trinajstić information content (AvgIpc) is 3.47. The Balaban J connectivity index is 1.29. The molecule has 2 aromatic heterocycles. The number of ether oxygens (including phenoxy) is 1. The predicted octanol–water partition coefficient (Wildman–Crippen LogP) is 2.80. The highest BCUT2D eigenvalue weighted by atomic mass is 32.2. The van der Waals surface area contributed by atoms with Crippen molar-refractivity contribution in [2.45, 2.75) is 47.0 Å². The van der Waals surface area contributed by atoms with Gasteiger partial charge in [-0.1, -0.05) is 23.1 Å². The van der Waals surface area contributed by atoms with Gasteiger partial charge in [-0.05, 0) is 37.8 Å². The van der Waals surface area contributed by atoms with E-state index >= 15 is 0 Å². The normalized spacial score (nSPS) is 21.1. The fourth-order valence-corrected chi connectivity index (χ4v) is 6.21. The number of nitrogens with zero attached hydrogens (tertiary/aromatic N) is 3. The van der Waals surface area contributed by atoms with Gasteiger partial charge in [0.15, 0.2) is 4.34 Å². The van der Waals surface area contributed by atoms with Gasteiger partial charge in [-0.2, -0.15) is 4.31 Å². The lowest BCUT2D eigenvalue weighted by Crippen LogP contribution is -2.27. The third-order valence-corrected chi connectivity index (χ3v) is 8.35. The van der Waals surface area contributed by atoms with Crippen LogP contribution in [0.25, 0.3) is 0 Å². The highest BCUT2D eigenvalue weighted by molar-refractivity contribution is 8.00. The maximum Gasteiger partial charge on any atom is 0.276 e. The van der Waals surface area contributed by atoms with Gasteiger partial charge >= 0.3 is 0 Å². The zero-order valence-corrected chi connectivity index (χ0v) is 17.2. The Labute approximate surface area is 166 Å². The molecule has 0 spiro atoms. The van der Waals surface area contributed by atoms with Gasteiger partial charge in [0.1, 0.15) is 5.76 Å². The summed E-state index contributed by atoms with van der Waals surface area (Å²) in [4.78, 5) is 0. The molecule has 0 aromatic carbocycles. The molecule has 2 aromatic rings. The summed E-state index contributed by atoms with van der Waals surface area (Å²) in [7, 11) is -3.50. The van der Waals surface area contributed by atoms with Gasteiger partial charge in [0, 0.05) is 26.2 Å². The van der Waals surface area contributed by atoms with Crippen LogP contribution < -0.4 is 5.32 Å². The van der Waals surface area contributed by atoms with E-state index in [4.69, 9.17) is 9.15 Å². The Kier molecular flexibility index (Phi) is 6.02. The topological polar surface area (TPSA) is 97.6 Å². The third kappa shape index (κ3) is 4.65. The van der Waals surface area contributed by atoms with Crippen LogP contribution in [0.3, 0.4) is 0 Å². The fourth-order valence-electron chi connectivity index (χ4n) is 3.11. The second-order valence-corrected chi connectivity index (χ2v) is 10.6. The SMILES string of the molecule is O=S(=O)(c1ccc(CSc2nnc(NCC3CCCO3)s2)o1)N1CCCC1. The van der Waals surface area contributed by atoms with E-state index in [1.807, 2.05) is 0 Å². The lowest BCUT2D eigenvalue weighted by molar-refractivity contribution is 0.120. The van der Waals surface area contributed by atoms with Crippen LogP contribution in [0.15, 0.2) is 26.0 Å². The summed E-state index contributed by atoms with van der Waals surface area (Å²) in [5, 5.41) is 12.3. The highest BCUT2D eigenvalue weighted by Crippen LogP contribution is 2.30. The Morgan fingerprint density at radius 1 is 1.26 bits per heavy atom. The third-order valence-electron chi connectivity index (χ3n) is 4.55. The van der Waals surface area contributed by atoms with Crippen LogP contribution in [0, 0.1) is 0 Å². The summed E-state index contributed by atoms with van der Waals surface area (Å²) >= 11 is 2.95. The second kappa shape index (κ2) is 8.48. The van der Waals surface area contributed by atoms with Crippen LogP contribution in [0.2, 0.25) is 0 Å². The molecule has 0 amide bonds. The molecule has 4 heterocycles. The summed E-state index contributed by atoms with van der Waals surface area (Å²) in [5.41, 5.74) is 0. The molecule has 0 saturated carbocycles. The molecule has 8 nitrogen and oxygen atoms in total. The highest BCUT2D eigenvalue weighted by Gasteiger charge is 2.30. The number of rotatable bonds is 8. The van der Waals surface area contributed by atoms with Crippen LogP contribution >= 0.6 is 23.1 Å². The smallest absolute Gasteiger partial charge is 0.276 e. The van der Waals surface area contributed by atoms with Gasteiger partial charge in [0.25, 0.3) is 10.0 Å². The standard InChI is InChI=1S/C16H22N4O4S3/c21-27(22,20-7-1-2-8-20)14-6-5-13(24-14)11-25-16-19-18-15(26-16)17-10-12-4-3-9-23-12/h5-6,12H,1-4,7-11H2,(H,17,18). The number of anilines is 1. The Morgan fingerprint density at radius 3 is 2.89 bits per heavy atom. The molecule has 1 N–H and O–H groups in total. The zero-order valence-electron chi connectivity index (χ0n) is 14.8. The van der Waals surface area contributed by atoms with Gasteiger partial charge in [-0.25, -0.2) is 8.42 Å². The monoisotopic (exact) mass is 430 g/mol. The van der Waals surface area contributed by atoms with E-state index in [0.717, 1.165) is 48.3 Å². The van der Waals surface area contributed by atoms with E-state index in [2.05, 4.69) is 15.5 Å². The number of hydrogen-bond acceptors (Lipinski definition) is 9. The summed E-state index contributed by atoms with van der Waals surface area (Å²) in [5.74, 6) is 1.12. The summed E-state index contributed by atoms with van der Waals surface area (Å²) in [6, 6.07) is 3.26. The molecule has 2 fully saturated rings. The van der Waals surface area contributed by atoms with Crippen molar-refractivity contribution in [2.24, 2.45) is 0 Å². The largest absolute Gasteiger partial charge is 0.447 e. The lowest BCUT2D eigenvalue weighted by atomic mass is 10.2. The quantitative estimate of drug-likeness (QED) is 0.639. The number of aromatic nitrogens is 2. The zero-order chi connectivity index (χ0) is 18.7. The van der Waals surface area contributed by atoms with Gasteiger partial charge in [-0.15, -0.1) is 10.2 Å². The van der Waals surface area contributed by atoms with E-state index < -0.39 is 10.0 Å². The Bertz CT molecular complexity index is 855. The van der Waals surface area contributed by atoms with Gasteiger partial charge < -0.3 is 14.5 Å². The molecule has 0 aliphatic carbocycles. The maximum atomic E-state index is 12.5. The first-order valence-electron chi connectivity index (χ1n) is 9.02. The average molecular weight is 431 g/mol. The summed E-state index contributed by atoms with van der Waals surface area (Å²) in [6.45, 7) is 2.72. The molecule has 4 rings (SSSR count). The van der Waals surface area contributed by atoms with Crippen molar-refractivity contribution in [3.05, 3.63) is 17.9 Å². The molecular weight excluding hydrogens is 408 g/mol. The molecule has 1 atom stereocenters. The number of furan rings is 1. The molecule has 148 valence electrons. The first kappa shape index (κ1) is 19.2. The number of nitrogens with one attached hydrogen (secondary N) is 1. The van der Waals surface area contributed by atoms with E-state index in [9.17, 15) is 8.42 Å². The molecule has 27 heavy (non-hydrogen) atoms. The van der Waals surface area contributed by atoms with Crippen molar-refractivity contribution in [1.82, 2.24) is 14.5 Å². The predicted molar refractivity (Wildman–Crippen MR) is 104 cm³/mol. The van der Waals surface area contributed by atoms with Crippen molar-refractivity contribution in [3.63, 3.8) is 0 Å². The second-order valence-electron chi connectivity index (χ2n) is 6.51. The lowest BCUT2D eigenvalue weighted by Gasteiger charge is -2.12. The van der Waals surface area contributed by atoms with E-state index in [1.54, 1.807) is 6.07 Å². The van der Waals surface area contributed by atoms with Crippen LogP contribution in [-0.4, -0.2) is 55.3 Å². The minimum absolute atomic E-state index is 0.0242. The van der Waals surface area contributed by atoms with Crippen LogP contribution in [0.1, 0.15) is 31.4 Å². The molecule has 2 aliphatic rings. The van der Waals surface area contributed by atoms with Crippen molar-refractivity contribution < 1.29 is 17.6 Å². The number of hydrogen-bond donors (Lipinski definition) is 1. The van der Waals surface area contributed by atoms with Gasteiger partial charge in [0.05, 0.1) is 11.9 Å². The van der Waals surface area contributed by atoms with E-state index in [0.29, 0.717) is 24.6 Å². The van der Waals surface area contributed by atoms with Gasteiger partial charge in [0.2, 0.25) is 10.2 Å². The van der Waals surface area contributed by atoms with E-state index in [1.165, 1.54) is 33.5 Å². The van der Waals surface area contributed by atoms with Crippen molar-refractivity contribution in [3.8, 4) is 0 Å². The van der Waals surface area contributed by atoms with Gasteiger partial charge in [-0.3, -0.25) is 0 Å². The van der Waals surface area contributed by atoms with E-state index in [-0.39, 0.29) is 11.2 Å². The van der Waals surface area contributed by atoms with Crippen molar-refractivity contribution >= 4 is 38.3 Å². The first-order chi connectivity index (χ1) is 13.1. The summed E-state index contributed by atoms with van der Waals surface area (Å²) in [6.07, 6.45) is 4.26. The maximum absolute atomic E-state index is 12.5. The first-order valence-corrected chi connectivity index (χ1v) is 12.3. The number of sulfonamides is 1. The molecule has 11 heteroatoms. The fraction of sp³-hybridized carbons (Fsp3) is 0.625. The van der Waals surface area contributed by atoms with Crippen LogP contribution in [-0.2, 0) is 20.5 Å². The molecule has 1 unspecified atom stereocenters. The van der Waals surface area contributed by atoms with Crippen LogP contribution in [0.5, 0.6) is 0 Å². The Morgan fingerprint density at radius 2 is 2.11 bits per heavy atom. The Hall–Kier alpha value is -1.14. The van der Waals surface area contributed by atoms with Crippen molar-refractivity contribution in [1.29, 1.82) is 0 Å². The number of thioether (sulfide) groups is 1. The minimum Gasteiger partial charge on any atom is -0.447 e. The molecular formula is C16H22N4O4S3. The van der Waals surface area contributed by atoms with Crippen LogP contribution in [0.4, 0.5) is 5.13 Å². The molecule has 0 radical (unpaired) electrons. The molecule has 2 saturated heterocycles. The minimum atomic E-state index is -3.50. The molecule has 0 bridgehead atoms. The molecule has 2 aliphatic heterocycles. The van der Waals surface area contributed by atoms with Crippen molar-refractivity contribution in [2.75, 3.05) is 31.6 Å².